The first kappa shape index (κ1) is 15.0. The number of nitrogens with one attached hydrogen (secondary N) is 1. The number of hydrogen-bond donors (Lipinski definition) is 2. The highest BCUT2D eigenvalue weighted by molar-refractivity contribution is 7.17. The lowest BCUT2D eigenvalue weighted by molar-refractivity contribution is 0.245. The Labute approximate surface area is 124 Å². The van der Waals surface area contributed by atoms with E-state index in [1.807, 2.05) is 13.8 Å². The summed E-state index contributed by atoms with van der Waals surface area (Å²) in [5.74, 6) is 1.47. The van der Waals surface area contributed by atoms with E-state index in [4.69, 9.17) is 15.7 Å². The molecular weight excluding hydrogens is 270 g/mol. The van der Waals surface area contributed by atoms with Gasteiger partial charge in [0.05, 0.1) is 6.10 Å². The number of ether oxygens (including phenoxy) is 1. The maximum absolute atomic E-state index is 9.13. The van der Waals surface area contributed by atoms with Gasteiger partial charge in [-0.05, 0) is 45.4 Å². The van der Waals surface area contributed by atoms with E-state index in [9.17, 15) is 0 Å². The summed E-state index contributed by atoms with van der Waals surface area (Å²) in [6.07, 6.45) is 4.89. The second-order valence-electron chi connectivity index (χ2n) is 5.88. The largest absolute Gasteiger partial charge is 0.486 e. The Morgan fingerprint density at radius 3 is 2.55 bits per heavy atom. The Hall–Kier alpha value is -1.41. The van der Waals surface area contributed by atoms with Crippen LogP contribution in [0.15, 0.2) is 0 Å². The fourth-order valence-corrected chi connectivity index (χ4v) is 3.48. The quantitative estimate of drug-likeness (QED) is 0.881. The molecule has 0 radical (unpaired) electrons. The van der Waals surface area contributed by atoms with Gasteiger partial charge in [-0.3, -0.25) is 0 Å². The Kier molecular flexibility index (Phi) is 4.77. The average Bonchev–Trinajstić information content (AvgIpc) is 2.69. The number of nitrogens with zero attached hydrogens (tertiary/aromatic N) is 1. The van der Waals surface area contributed by atoms with Gasteiger partial charge >= 0.3 is 0 Å². The molecule has 20 heavy (non-hydrogen) atoms. The molecule has 5 heteroatoms. The highest BCUT2D eigenvalue weighted by Crippen LogP contribution is 2.44. The van der Waals surface area contributed by atoms with Crippen molar-refractivity contribution >= 4 is 22.0 Å². The SMILES string of the molecule is CC1CCC(Nc2sc(C#N)c(N)c2OC(C)C)CC1. The maximum atomic E-state index is 9.13. The molecule has 3 N–H and O–H groups in total. The third-order valence-corrected chi connectivity index (χ3v) is 4.73. The lowest BCUT2D eigenvalue weighted by Gasteiger charge is -2.27. The molecule has 1 aliphatic rings. The zero-order chi connectivity index (χ0) is 14.7. The van der Waals surface area contributed by atoms with Crippen LogP contribution in [0.5, 0.6) is 5.75 Å². The molecule has 1 aromatic rings. The monoisotopic (exact) mass is 293 g/mol. The third-order valence-electron chi connectivity index (χ3n) is 3.71. The number of hydrogen-bond acceptors (Lipinski definition) is 5. The van der Waals surface area contributed by atoms with Crippen molar-refractivity contribution in [2.75, 3.05) is 11.1 Å². The summed E-state index contributed by atoms with van der Waals surface area (Å²) < 4.78 is 5.79. The van der Waals surface area contributed by atoms with Gasteiger partial charge in [0.25, 0.3) is 0 Å². The zero-order valence-electron chi connectivity index (χ0n) is 12.4. The summed E-state index contributed by atoms with van der Waals surface area (Å²) in [6, 6.07) is 2.61. The van der Waals surface area contributed by atoms with Crippen LogP contribution in [0.3, 0.4) is 0 Å². The molecule has 0 atom stereocenters. The normalized spacial score (nSPS) is 22.6. The van der Waals surface area contributed by atoms with Crippen molar-refractivity contribution < 1.29 is 4.74 Å². The number of nitrogens with two attached hydrogens (primary N) is 1. The minimum atomic E-state index is 0.0466. The van der Waals surface area contributed by atoms with Crippen LogP contribution >= 0.6 is 11.3 Å². The first-order valence-electron chi connectivity index (χ1n) is 7.26. The number of nitriles is 1. The number of thiophene rings is 1. The first-order valence-corrected chi connectivity index (χ1v) is 8.08. The van der Waals surface area contributed by atoms with E-state index in [0.29, 0.717) is 22.4 Å². The molecule has 0 aromatic carbocycles. The van der Waals surface area contributed by atoms with Crippen molar-refractivity contribution in [2.45, 2.75) is 58.6 Å². The number of anilines is 2. The van der Waals surface area contributed by atoms with E-state index < -0.39 is 0 Å². The molecule has 1 heterocycles. The predicted octanol–water partition coefficient (Wildman–Crippen LogP) is 3.98. The Balaban J connectivity index is 2.16. The van der Waals surface area contributed by atoms with E-state index in [1.165, 1.54) is 37.0 Å². The minimum Gasteiger partial charge on any atom is -0.486 e. The smallest absolute Gasteiger partial charge is 0.178 e. The van der Waals surface area contributed by atoms with E-state index >= 15 is 0 Å². The van der Waals surface area contributed by atoms with Gasteiger partial charge in [0, 0.05) is 6.04 Å². The van der Waals surface area contributed by atoms with Gasteiger partial charge in [-0.25, -0.2) is 0 Å². The van der Waals surface area contributed by atoms with Crippen LogP contribution in [0.1, 0.15) is 51.3 Å². The maximum Gasteiger partial charge on any atom is 0.178 e. The Bertz CT molecular complexity index is 496. The fraction of sp³-hybridized carbons (Fsp3) is 0.667. The van der Waals surface area contributed by atoms with Gasteiger partial charge < -0.3 is 15.8 Å². The molecule has 0 amide bonds. The van der Waals surface area contributed by atoms with Gasteiger partial charge in [-0.1, -0.05) is 6.92 Å². The van der Waals surface area contributed by atoms with Crippen LogP contribution in [0.4, 0.5) is 10.7 Å². The van der Waals surface area contributed by atoms with Crippen LogP contribution in [0.25, 0.3) is 0 Å². The van der Waals surface area contributed by atoms with Crippen LogP contribution in [-0.4, -0.2) is 12.1 Å². The molecule has 0 bridgehead atoms. The molecule has 0 aliphatic heterocycles. The van der Waals surface area contributed by atoms with Gasteiger partial charge in [0.2, 0.25) is 0 Å². The molecule has 110 valence electrons. The van der Waals surface area contributed by atoms with Crippen molar-refractivity contribution in [1.29, 1.82) is 5.26 Å². The Morgan fingerprint density at radius 1 is 1.35 bits per heavy atom. The van der Waals surface area contributed by atoms with Crippen molar-refractivity contribution in [3.05, 3.63) is 4.88 Å². The standard InChI is InChI=1S/C15H23N3OS/c1-9(2)19-14-13(17)12(8-16)20-15(14)18-11-6-4-10(3)5-7-11/h9-11,18H,4-7,17H2,1-3H3. The lowest BCUT2D eigenvalue weighted by Crippen LogP contribution is -2.25. The summed E-state index contributed by atoms with van der Waals surface area (Å²) >= 11 is 1.40. The van der Waals surface area contributed by atoms with Crippen LogP contribution in [0, 0.1) is 17.2 Å². The van der Waals surface area contributed by atoms with Crippen molar-refractivity contribution in [1.82, 2.24) is 0 Å². The summed E-state index contributed by atoms with van der Waals surface area (Å²) in [5, 5.41) is 13.6. The molecule has 4 nitrogen and oxygen atoms in total. The van der Waals surface area contributed by atoms with Crippen molar-refractivity contribution in [2.24, 2.45) is 5.92 Å². The van der Waals surface area contributed by atoms with Gasteiger partial charge in [-0.15, -0.1) is 11.3 Å². The molecule has 1 fully saturated rings. The highest BCUT2D eigenvalue weighted by atomic mass is 32.1. The molecule has 0 spiro atoms. The summed E-state index contributed by atoms with van der Waals surface area (Å²) in [6.45, 7) is 6.24. The molecule has 1 aromatic heterocycles. The highest BCUT2D eigenvalue weighted by Gasteiger charge is 2.23. The van der Waals surface area contributed by atoms with Crippen molar-refractivity contribution in [3.8, 4) is 11.8 Å². The summed E-state index contributed by atoms with van der Waals surface area (Å²) in [4.78, 5) is 0.535. The summed E-state index contributed by atoms with van der Waals surface area (Å²) in [7, 11) is 0. The van der Waals surface area contributed by atoms with Crippen LogP contribution in [0.2, 0.25) is 0 Å². The van der Waals surface area contributed by atoms with E-state index in [2.05, 4.69) is 18.3 Å². The second-order valence-corrected chi connectivity index (χ2v) is 6.90. The summed E-state index contributed by atoms with van der Waals surface area (Å²) in [5.41, 5.74) is 6.48. The molecular formula is C15H23N3OS. The second kappa shape index (κ2) is 6.36. The van der Waals surface area contributed by atoms with Gasteiger partial charge in [0.1, 0.15) is 21.6 Å². The molecule has 2 rings (SSSR count). The lowest BCUT2D eigenvalue weighted by atomic mass is 9.87. The first-order chi connectivity index (χ1) is 9.51. The predicted molar refractivity (Wildman–Crippen MR) is 84.3 cm³/mol. The van der Waals surface area contributed by atoms with E-state index in [1.54, 1.807) is 0 Å². The molecule has 1 aliphatic carbocycles. The molecule has 0 unspecified atom stereocenters. The van der Waals surface area contributed by atoms with Gasteiger partial charge in [-0.2, -0.15) is 5.26 Å². The fourth-order valence-electron chi connectivity index (χ4n) is 2.55. The molecule has 1 saturated carbocycles. The number of nitrogen functional groups attached to an aromatic ring is 1. The van der Waals surface area contributed by atoms with Crippen LogP contribution < -0.4 is 15.8 Å². The molecule has 0 saturated heterocycles. The van der Waals surface area contributed by atoms with Crippen molar-refractivity contribution in [3.63, 3.8) is 0 Å². The Morgan fingerprint density at radius 2 is 2.00 bits per heavy atom. The van der Waals surface area contributed by atoms with Gasteiger partial charge in [0.15, 0.2) is 5.75 Å². The number of rotatable bonds is 4. The average molecular weight is 293 g/mol. The third kappa shape index (κ3) is 3.37. The van der Waals surface area contributed by atoms with Crippen LogP contribution in [-0.2, 0) is 0 Å². The van der Waals surface area contributed by atoms with E-state index in [-0.39, 0.29) is 6.10 Å². The minimum absolute atomic E-state index is 0.0466. The van der Waals surface area contributed by atoms with E-state index in [0.717, 1.165) is 10.9 Å². The topological polar surface area (TPSA) is 71.1 Å². The zero-order valence-corrected chi connectivity index (χ0v) is 13.2.